The molecule has 2 heterocycles. The van der Waals surface area contributed by atoms with E-state index in [1.165, 1.54) is 0 Å². The first-order chi connectivity index (χ1) is 11.8. The zero-order valence-corrected chi connectivity index (χ0v) is 13.7. The summed E-state index contributed by atoms with van der Waals surface area (Å²) < 4.78 is 1.81. The van der Waals surface area contributed by atoms with E-state index in [0.29, 0.717) is 0 Å². The highest BCUT2D eigenvalue weighted by atomic mass is 32.1. The summed E-state index contributed by atoms with van der Waals surface area (Å²) in [6, 6.07) is 19.9. The molecule has 0 bridgehead atoms. The van der Waals surface area contributed by atoms with Gasteiger partial charge in [-0.15, -0.1) is 11.3 Å². The molecule has 2 aromatic heterocycles. The summed E-state index contributed by atoms with van der Waals surface area (Å²) in [6.07, 6.45) is 3.62. The van der Waals surface area contributed by atoms with Crippen LogP contribution >= 0.6 is 11.3 Å². The van der Waals surface area contributed by atoms with Gasteiger partial charge in [-0.2, -0.15) is 0 Å². The molecule has 4 heteroatoms. The van der Waals surface area contributed by atoms with E-state index in [9.17, 15) is 4.79 Å². The summed E-state index contributed by atoms with van der Waals surface area (Å²) in [4.78, 5) is 18.1. The fourth-order valence-corrected chi connectivity index (χ4v) is 3.37. The van der Waals surface area contributed by atoms with Gasteiger partial charge in [0.05, 0.1) is 11.1 Å². The minimum atomic E-state index is 0.0800. The third kappa shape index (κ3) is 2.96. The van der Waals surface area contributed by atoms with E-state index in [1.807, 2.05) is 76.8 Å². The van der Waals surface area contributed by atoms with Gasteiger partial charge in [0.15, 0.2) is 12.2 Å². The van der Waals surface area contributed by atoms with E-state index in [-0.39, 0.29) is 12.3 Å². The van der Waals surface area contributed by atoms with Gasteiger partial charge in [-0.25, -0.2) is 4.57 Å². The quantitative estimate of drug-likeness (QED) is 0.416. The van der Waals surface area contributed by atoms with Crippen molar-refractivity contribution in [1.29, 1.82) is 0 Å². The molecule has 24 heavy (non-hydrogen) atoms. The number of Topliss-reactive ketones (excluding diaryl/α,β-unsaturated/α-hetero) is 1. The van der Waals surface area contributed by atoms with Crippen molar-refractivity contribution in [2.75, 3.05) is 0 Å². The molecule has 0 aliphatic heterocycles. The van der Waals surface area contributed by atoms with Crippen molar-refractivity contribution >= 4 is 27.9 Å². The summed E-state index contributed by atoms with van der Waals surface area (Å²) in [5.74, 6) is 0.0800. The molecule has 0 aliphatic rings. The van der Waals surface area contributed by atoms with Gasteiger partial charge in [0.1, 0.15) is 0 Å². The van der Waals surface area contributed by atoms with Gasteiger partial charge in [0, 0.05) is 11.6 Å². The molecule has 0 atom stereocenters. The summed E-state index contributed by atoms with van der Waals surface area (Å²) in [6.45, 7) is 0.288. The first-order valence-corrected chi connectivity index (χ1v) is 8.58. The fourth-order valence-electron chi connectivity index (χ4n) is 2.67. The van der Waals surface area contributed by atoms with Crippen LogP contribution in [0.15, 0.2) is 78.6 Å². The van der Waals surface area contributed by atoms with E-state index < -0.39 is 0 Å². The molecule has 2 aromatic carbocycles. The second-order valence-electron chi connectivity index (χ2n) is 5.58. The number of thiophene rings is 1. The van der Waals surface area contributed by atoms with Gasteiger partial charge in [-0.05, 0) is 33.3 Å². The largest absolute Gasteiger partial charge is 0.290 e. The van der Waals surface area contributed by atoms with Crippen LogP contribution in [0.25, 0.3) is 21.3 Å². The Kier molecular flexibility index (Phi) is 3.89. The standard InChI is InChI=1S/C20H15N2OS/c23-19(17-8-7-15-4-1-2-5-16(15)12-17)13-22-10-9-18(21-14-22)20-6-3-11-24-20/h1-12,14H,13H2/q+1. The minimum Gasteiger partial charge on any atom is -0.290 e. The molecule has 0 spiro atoms. The van der Waals surface area contributed by atoms with Crippen LogP contribution in [-0.2, 0) is 6.54 Å². The third-order valence-electron chi connectivity index (χ3n) is 3.94. The van der Waals surface area contributed by atoms with E-state index in [4.69, 9.17) is 0 Å². The molecule has 0 saturated carbocycles. The number of rotatable bonds is 4. The van der Waals surface area contributed by atoms with E-state index in [2.05, 4.69) is 4.98 Å². The lowest BCUT2D eigenvalue weighted by Crippen LogP contribution is -2.37. The fraction of sp³-hybridized carbons (Fsp3) is 0.0500. The van der Waals surface area contributed by atoms with Crippen molar-refractivity contribution in [2.24, 2.45) is 0 Å². The van der Waals surface area contributed by atoms with Crippen LogP contribution in [0.3, 0.4) is 0 Å². The Labute approximate surface area is 143 Å². The predicted octanol–water partition coefficient (Wildman–Crippen LogP) is 4.13. The number of hydrogen-bond acceptors (Lipinski definition) is 3. The molecular weight excluding hydrogens is 316 g/mol. The Balaban J connectivity index is 1.54. The maximum absolute atomic E-state index is 12.5. The monoisotopic (exact) mass is 331 g/mol. The highest BCUT2D eigenvalue weighted by molar-refractivity contribution is 7.13. The lowest BCUT2D eigenvalue weighted by molar-refractivity contribution is -0.686. The van der Waals surface area contributed by atoms with Crippen LogP contribution in [0.1, 0.15) is 10.4 Å². The number of carbonyl (C=O) groups excluding carboxylic acids is 1. The molecule has 0 amide bonds. The number of fused-ring (bicyclic) bond motifs is 1. The first kappa shape index (κ1) is 14.7. The molecule has 0 aliphatic carbocycles. The van der Waals surface area contributed by atoms with Crippen LogP contribution in [0.5, 0.6) is 0 Å². The van der Waals surface area contributed by atoms with Crippen molar-refractivity contribution in [3.63, 3.8) is 0 Å². The van der Waals surface area contributed by atoms with Crippen LogP contribution in [0.4, 0.5) is 0 Å². The van der Waals surface area contributed by atoms with Crippen molar-refractivity contribution in [3.8, 4) is 10.6 Å². The average Bonchev–Trinajstić information content (AvgIpc) is 3.16. The minimum absolute atomic E-state index is 0.0800. The van der Waals surface area contributed by atoms with Gasteiger partial charge in [-0.1, -0.05) is 42.5 Å². The zero-order chi connectivity index (χ0) is 16.4. The first-order valence-electron chi connectivity index (χ1n) is 7.70. The molecule has 0 N–H and O–H groups in total. The molecule has 116 valence electrons. The normalized spacial score (nSPS) is 10.8. The highest BCUT2D eigenvalue weighted by Gasteiger charge is 2.12. The summed E-state index contributed by atoms with van der Waals surface area (Å²) in [7, 11) is 0. The van der Waals surface area contributed by atoms with E-state index in [0.717, 1.165) is 26.9 Å². The number of ketones is 1. The second-order valence-corrected chi connectivity index (χ2v) is 6.53. The Bertz CT molecular complexity index is 992. The van der Waals surface area contributed by atoms with Crippen LogP contribution < -0.4 is 4.57 Å². The molecule has 0 unspecified atom stereocenters. The Morgan fingerprint density at radius 2 is 1.88 bits per heavy atom. The van der Waals surface area contributed by atoms with Crippen molar-refractivity contribution in [2.45, 2.75) is 6.54 Å². The van der Waals surface area contributed by atoms with Crippen LogP contribution in [0.2, 0.25) is 0 Å². The number of hydrogen-bond donors (Lipinski definition) is 0. The average molecular weight is 331 g/mol. The van der Waals surface area contributed by atoms with Crippen LogP contribution in [0, 0.1) is 0 Å². The van der Waals surface area contributed by atoms with E-state index in [1.54, 1.807) is 17.7 Å². The van der Waals surface area contributed by atoms with Crippen molar-refractivity contribution in [1.82, 2.24) is 4.98 Å². The number of nitrogens with zero attached hydrogens (tertiary/aromatic N) is 2. The summed E-state index contributed by atoms with van der Waals surface area (Å²) >= 11 is 1.66. The van der Waals surface area contributed by atoms with E-state index >= 15 is 0 Å². The predicted molar refractivity (Wildman–Crippen MR) is 96.0 cm³/mol. The maximum Gasteiger partial charge on any atom is 0.287 e. The zero-order valence-electron chi connectivity index (χ0n) is 12.9. The lowest BCUT2D eigenvalue weighted by Gasteiger charge is -2.03. The maximum atomic E-state index is 12.5. The van der Waals surface area contributed by atoms with Gasteiger partial charge in [0.25, 0.3) is 6.33 Å². The Morgan fingerprint density at radius 1 is 1.00 bits per heavy atom. The number of aromatic nitrogens is 2. The Hall–Kier alpha value is -2.85. The van der Waals surface area contributed by atoms with Gasteiger partial charge in [0.2, 0.25) is 5.78 Å². The van der Waals surface area contributed by atoms with Gasteiger partial charge in [-0.3, -0.25) is 4.79 Å². The molecule has 0 fully saturated rings. The molecule has 0 saturated heterocycles. The summed E-state index contributed by atoms with van der Waals surface area (Å²) in [5, 5.41) is 4.25. The summed E-state index contributed by atoms with van der Waals surface area (Å²) in [5.41, 5.74) is 1.66. The SMILES string of the molecule is O=C(C[n+]1ccc(-c2cccs2)nc1)c1ccc2ccccc2c1. The lowest BCUT2D eigenvalue weighted by atomic mass is 10.0. The highest BCUT2D eigenvalue weighted by Crippen LogP contribution is 2.21. The number of carbonyl (C=O) groups is 1. The number of benzene rings is 2. The van der Waals surface area contributed by atoms with Crippen molar-refractivity contribution < 1.29 is 9.36 Å². The molecule has 3 nitrogen and oxygen atoms in total. The van der Waals surface area contributed by atoms with Crippen LogP contribution in [-0.4, -0.2) is 10.8 Å². The second kappa shape index (κ2) is 6.34. The molecular formula is C20H15N2OS+. The van der Waals surface area contributed by atoms with Gasteiger partial charge < -0.3 is 0 Å². The van der Waals surface area contributed by atoms with Gasteiger partial charge >= 0.3 is 0 Å². The Morgan fingerprint density at radius 3 is 2.62 bits per heavy atom. The third-order valence-corrected chi connectivity index (χ3v) is 4.83. The smallest absolute Gasteiger partial charge is 0.287 e. The molecule has 0 radical (unpaired) electrons. The topological polar surface area (TPSA) is 33.8 Å². The molecule has 4 rings (SSSR count). The van der Waals surface area contributed by atoms with Crippen molar-refractivity contribution in [3.05, 3.63) is 84.1 Å². The molecule has 4 aromatic rings.